The second-order valence-corrected chi connectivity index (χ2v) is 13.8. The molecule has 0 aliphatic carbocycles. The van der Waals surface area contributed by atoms with Crippen LogP contribution in [0, 0.1) is 20.6 Å². The summed E-state index contributed by atoms with van der Waals surface area (Å²) in [7, 11) is -2.45. The summed E-state index contributed by atoms with van der Waals surface area (Å²) in [6.07, 6.45) is 1.20. The van der Waals surface area contributed by atoms with Gasteiger partial charge in [0.15, 0.2) is 0 Å². The van der Waals surface area contributed by atoms with Gasteiger partial charge >= 0.3 is 0 Å². The highest BCUT2D eigenvalue weighted by atomic mass is 28.3. The molecule has 0 fully saturated rings. The molecule has 3 heterocycles. The lowest BCUT2D eigenvalue weighted by Gasteiger charge is -2.18. The standard InChI is InChI=1S/C29H30N2OSi/c1-18-14-21(17-33(4,5)6)11-13-22(18)26-15-27(30-16-19(26)2)25-9-7-8-23-24-12-10-20(3)31-29(24)32-28(23)25/h7-16H,17H2,1-6H3/i1D3,2D3,3D3,17D2. The molecule has 0 saturated heterocycles. The first-order chi connectivity index (χ1) is 20.1. The van der Waals surface area contributed by atoms with Crippen LogP contribution < -0.4 is 0 Å². The zero-order valence-corrected chi connectivity index (χ0v) is 19.6. The quantitative estimate of drug-likeness (QED) is 0.254. The number of pyridine rings is 2. The summed E-state index contributed by atoms with van der Waals surface area (Å²) in [6, 6.07) is 14.1. The second-order valence-electron chi connectivity index (χ2n) is 9.08. The van der Waals surface area contributed by atoms with Gasteiger partial charge in [-0.3, -0.25) is 4.98 Å². The number of benzene rings is 2. The van der Waals surface area contributed by atoms with Crippen LogP contribution in [-0.2, 0) is 6.00 Å². The molecule has 0 aliphatic heterocycles. The average Bonchev–Trinajstić information content (AvgIpc) is 3.28. The highest BCUT2D eigenvalue weighted by Crippen LogP contribution is 2.37. The molecular formula is C29H30N2OSi. The van der Waals surface area contributed by atoms with Crippen LogP contribution in [0.5, 0.6) is 0 Å². The summed E-state index contributed by atoms with van der Waals surface area (Å²) in [6.45, 7) is -2.18. The Morgan fingerprint density at radius 2 is 1.76 bits per heavy atom. The zero-order chi connectivity index (χ0) is 32.6. The van der Waals surface area contributed by atoms with Gasteiger partial charge in [-0.25, -0.2) is 4.98 Å². The molecule has 3 aromatic heterocycles. The predicted molar refractivity (Wildman–Crippen MR) is 141 cm³/mol. The number of fused-ring (bicyclic) bond motifs is 3. The normalized spacial score (nSPS) is 18.6. The Morgan fingerprint density at radius 1 is 0.879 bits per heavy atom. The summed E-state index contributed by atoms with van der Waals surface area (Å²) in [4.78, 5) is 8.63. The van der Waals surface area contributed by atoms with Gasteiger partial charge in [-0.2, -0.15) is 0 Å². The van der Waals surface area contributed by atoms with Gasteiger partial charge in [0.05, 0.1) is 5.69 Å². The van der Waals surface area contributed by atoms with Gasteiger partial charge in [0.1, 0.15) is 5.58 Å². The Balaban J connectivity index is 1.77. The fourth-order valence-corrected chi connectivity index (χ4v) is 5.02. The summed E-state index contributed by atoms with van der Waals surface area (Å²) in [5, 5.41) is 1.23. The monoisotopic (exact) mass is 461 g/mol. The van der Waals surface area contributed by atoms with Crippen molar-refractivity contribution in [3.63, 3.8) is 0 Å². The average molecular weight is 462 g/mol. The second kappa shape index (κ2) is 7.96. The largest absolute Gasteiger partial charge is 0.437 e. The number of aryl methyl sites for hydroxylation is 3. The van der Waals surface area contributed by atoms with Gasteiger partial charge in [0, 0.05) is 51.4 Å². The number of hydrogen-bond donors (Lipinski definition) is 0. The highest BCUT2D eigenvalue weighted by molar-refractivity contribution is 6.75. The number of para-hydroxylation sites is 1. The van der Waals surface area contributed by atoms with Crippen molar-refractivity contribution in [1.29, 1.82) is 0 Å². The van der Waals surface area contributed by atoms with E-state index in [0.717, 1.165) is 0 Å². The third-order valence-electron chi connectivity index (χ3n) is 5.37. The molecule has 0 unspecified atom stereocenters. The molecule has 0 amide bonds. The van der Waals surface area contributed by atoms with Crippen molar-refractivity contribution in [3.8, 4) is 22.4 Å². The maximum atomic E-state index is 8.75. The van der Waals surface area contributed by atoms with Crippen molar-refractivity contribution in [2.75, 3.05) is 0 Å². The number of furan rings is 1. The van der Waals surface area contributed by atoms with Crippen molar-refractivity contribution in [2.45, 2.75) is 46.2 Å². The van der Waals surface area contributed by atoms with Crippen molar-refractivity contribution < 1.29 is 19.5 Å². The zero-order valence-electron chi connectivity index (χ0n) is 29.6. The summed E-state index contributed by atoms with van der Waals surface area (Å²) < 4.78 is 96.1. The van der Waals surface area contributed by atoms with Gasteiger partial charge in [-0.1, -0.05) is 55.5 Å². The topological polar surface area (TPSA) is 38.9 Å². The van der Waals surface area contributed by atoms with Gasteiger partial charge < -0.3 is 4.42 Å². The van der Waals surface area contributed by atoms with E-state index in [0.29, 0.717) is 27.6 Å². The maximum Gasteiger partial charge on any atom is 0.227 e. The van der Waals surface area contributed by atoms with E-state index < -0.39 is 34.6 Å². The van der Waals surface area contributed by atoms with Crippen molar-refractivity contribution in [2.24, 2.45) is 0 Å². The third kappa shape index (κ3) is 4.11. The molecule has 0 N–H and O–H groups in total. The number of rotatable bonds is 4. The molecule has 0 radical (unpaired) electrons. The summed E-state index contributed by atoms with van der Waals surface area (Å²) in [5.74, 6) is -1.74. The Labute approximate surface area is 212 Å². The van der Waals surface area contributed by atoms with Crippen LogP contribution in [0.4, 0.5) is 0 Å². The molecule has 0 bridgehead atoms. The molecule has 33 heavy (non-hydrogen) atoms. The fraction of sp³-hybridized carbons (Fsp3) is 0.241. The van der Waals surface area contributed by atoms with Gasteiger partial charge in [-0.05, 0) is 73.1 Å². The van der Waals surface area contributed by atoms with Crippen molar-refractivity contribution in [1.82, 2.24) is 9.97 Å². The van der Waals surface area contributed by atoms with E-state index in [-0.39, 0.29) is 39.2 Å². The SMILES string of the molecule is [2H]C([2H])([2H])c1ccc2c(n1)oc1c(-c3cc(-c4ccc(C([2H])([2H])[Si](C)(C)C)cc4C([2H])([2H])[2H])c(C([2H])([2H])[2H])cn3)cccc12. The first kappa shape index (κ1) is 12.3. The molecule has 0 aliphatic rings. The summed E-state index contributed by atoms with van der Waals surface area (Å²) >= 11 is 0. The van der Waals surface area contributed by atoms with Gasteiger partial charge in [-0.15, -0.1) is 0 Å². The molecule has 5 aromatic rings. The Morgan fingerprint density at radius 3 is 2.55 bits per heavy atom. The predicted octanol–water partition coefficient (Wildman–Crippen LogP) is 8.06. The molecular weight excluding hydrogens is 420 g/mol. The molecule has 166 valence electrons. The van der Waals surface area contributed by atoms with Crippen LogP contribution >= 0.6 is 0 Å². The fourth-order valence-electron chi connectivity index (χ4n) is 4.00. The minimum absolute atomic E-state index is 0.118. The number of nitrogens with zero attached hydrogens (tertiary/aromatic N) is 2. The van der Waals surface area contributed by atoms with Crippen LogP contribution in [0.1, 0.15) is 37.5 Å². The molecule has 0 atom stereocenters. The minimum atomic E-state index is -2.68. The highest BCUT2D eigenvalue weighted by Gasteiger charge is 2.17. The van der Waals surface area contributed by atoms with Crippen molar-refractivity contribution >= 4 is 30.1 Å². The molecule has 2 aromatic carbocycles. The number of aromatic nitrogens is 2. The van der Waals surface area contributed by atoms with Crippen LogP contribution in [0.25, 0.3) is 44.5 Å². The first-order valence-electron chi connectivity index (χ1n) is 16.1. The Bertz CT molecular complexity index is 1900. The molecule has 0 spiro atoms. The Kier molecular flexibility index (Phi) is 2.96. The van der Waals surface area contributed by atoms with E-state index in [4.69, 9.17) is 19.5 Å². The van der Waals surface area contributed by atoms with Gasteiger partial charge in [0.2, 0.25) is 5.71 Å². The van der Waals surface area contributed by atoms with E-state index in [2.05, 4.69) is 9.97 Å². The van der Waals surface area contributed by atoms with E-state index in [1.807, 2.05) is 19.6 Å². The smallest absolute Gasteiger partial charge is 0.227 e. The van der Waals surface area contributed by atoms with E-state index in [9.17, 15) is 0 Å². The van der Waals surface area contributed by atoms with Gasteiger partial charge in [0.25, 0.3) is 0 Å². The van der Waals surface area contributed by atoms with E-state index in [1.54, 1.807) is 24.3 Å². The lowest BCUT2D eigenvalue weighted by Crippen LogP contribution is -2.23. The van der Waals surface area contributed by atoms with Crippen LogP contribution in [0.15, 0.2) is 65.2 Å². The molecule has 4 heteroatoms. The molecule has 0 saturated carbocycles. The van der Waals surface area contributed by atoms with Crippen LogP contribution in [0.3, 0.4) is 0 Å². The lowest BCUT2D eigenvalue weighted by molar-refractivity contribution is 0.653. The lowest BCUT2D eigenvalue weighted by atomic mass is 9.94. The third-order valence-corrected chi connectivity index (χ3v) is 6.41. The molecule has 5 rings (SSSR count). The molecule has 3 nitrogen and oxygen atoms in total. The van der Waals surface area contributed by atoms with Crippen LogP contribution in [0.2, 0.25) is 19.6 Å². The number of hydrogen-bond acceptors (Lipinski definition) is 3. The maximum absolute atomic E-state index is 8.75. The summed E-state index contributed by atoms with van der Waals surface area (Å²) in [5.41, 5.74) is 1.29. The minimum Gasteiger partial charge on any atom is -0.437 e. The van der Waals surface area contributed by atoms with E-state index >= 15 is 0 Å². The first-order valence-corrected chi connectivity index (χ1v) is 14.1. The van der Waals surface area contributed by atoms with Crippen molar-refractivity contribution in [3.05, 3.63) is 83.2 Å². The Hall–Kier alpha value is -3.24. The van der Waals surface area contributed by atoms with Crippen LogP contribution in [-0.4, -0.2) is 18.0 Å². The van der Waals surface area contributed by atoms with E-state index in [1.165, 1.54) is 36.5 Å².